The van der Waals surface area contributed by atoms with Gasteiger partial charge in [-0.15, -0.1) is 0 Å². The molecule has 0 aliphatic carbocycles. The number of carboxylic acid groups (broad SMARTS) is 1. The lowest BCUT2D eigenvalue weighted by atomic mass is 10.1. The number of likely N-dealkylation sites (N-methyl/N-ethyl adjacent to an activating group) is 1. The van der Waals surface area contributed by atoms with Crippen LogP contribution in [0.2, 0.25) is 5.02 Å². The summed E-state index contributed by atoms with van der Waals surface area (Å²) in [6, 6.07) is 11.4. The fourth-order valence-corrected chi connectivity index (χ4v) is 6.24. The van der Waals surface area contributed by atoms with Gasteiger partial charge in [-0.2, -0.15) is 9.97 Å². The standard InChI is InChI=1S/C29H32ClN7O4/c1-17-15-35(29(39)40)13-14-36(17)26-24-25(32-28(33-26)41-16-20-9-6-12-34(20)3)27(38)37(18(2)31-24)22-11-5-8-19-7-4-10-21(30)23(19)22/h4-5,7-8,10-11,17,20H,6,9,12-16H2,1-3H3,(H,39,40)/t17-,20-/m0/s1. The van der Waals surface area contributed by atoms with Crippen LogP contribution in [0, 0.1) is 6.92 Å². The number of carbonyl (C=O) groups is 1. The number of benzene rings is 2. The molecule has 2 aromatic heterocycles. The number of aromatic nitrogens is 4. The molecule has 214 valence electrons. The van der Waals surface area contributed by atoms with Crippen molar-refractivity contribution in [1.29, 1.82) is 0 Å². The van der Waals surface area contributed by atoms with E-state index in [4.69, 9.17) is 26.3 Å². The SMILES string of the molecule is Cc1nc2c(N3CCN(C(=O)O)C[C@@H]3C)nc(OC[C@@H]3CCCN3C)nc2c(=O)n1-c1cccc2cccc(Cl)c12. The van der Waals surface area contributed by atoms with Gasteiger partial charge in [0.15, 0.2) is 11.3 Å². The Bertz CT molecular complexity index is 1710. The minimum atomic E-state index is -0.959. The molecule has 1 amide bonds. The van der Waals surface area contributed by atoms with Gasteiger partial charge in [-0.3, -0.25) is 9.36 Å². The van der Waals surface area contributed by atoms with Gasteiger partial charge in [-0.1, -0.05) is 35.9 Å². The molecule has 2 saturated heterocycles. The predicted molar refractivity (Wildman–Crippen MR) is 158 cm³/mol. The lowest BCUT2D eigenvalue weighted by Crippen LogP contribution is -2.53. The Morgan fingerprint density at radius 1 is 1.10 bits per heavy atom. The monoisotopic (exact) mass is 577 g/mol. The zero-order valence-corrected chi connectivity index (χ0v) is 24.0. The molecule has 41 heavy (non-hydrogen) atoms. The Balaban J connectivity index is 1.51. The third-order valence-electron chi connectivity index (χ3n) is 8.17. The largest absolute Gasteiger partial charge is 0.465 e. The van der Waals surface area contributed by atoms with Gasteiger partial charge < -0.3 is 24.5 Å². The average Bonchev–Trinajstić information content (AvgIpc) is 3.36. The Hall–Kier alpha value is -3.96. The Morgan fingerprint density at radius 2 is 1.88 bits per heavy atom. The van der Waals surface area contributed by atoms with Crippen LogP contribution in [0.3, 0.4) is 0 Å². The number of anilines is 1. The molecule has 2 fully saturated rings. The van der Waals surface area contributed by atoms with E-state index in [0.29, 0.717) is 54.1 Å². The quantitative estimate of drug-likeness (QED) is 0.376. The molecule has 11 nitrogen and oxygen atoms in total. The summed E-state index contributed by atoms with van der Waals surface area (Å²) in [5, 5.41) is 11.7. The highest BCUT2D eigenvalue weighted by molar-refractivity contribution is 6.36. The van der Waals surface area contributed by atoms with Crippen LogP contribution < -0.4 is 15.2 Å². The van der Waals surface area contributed by atoms with Crippen molar-refractivity contribution in [1.82, 2.24) is 29.3 Å². The summed E-state index contributed by atoms with van der Waals surface area (Å²) in [6.45, 7) is 6.11. The molecule has 4 aromatic rings. The van der Waals surface area contributed by atoms with Crippen LogP contribution in [0.4, 0.5) is 10.6 Å². The number of rotatable bonds is 5. The summed E-state index contributed by atoms with van der Waals surface area (Å²) in [4.78, 5) is 45.7. The summed E-state index contributed by atoms with van der Waals surface area (Å²) in [5.74, 6) is 0.920. The number of hydrogen-bond acceptors (Lipinski definition) is 8. The summed E-state index contributed by atoms with van der Waals surface area (Å²) < 4.78 is 7.66. The first-order chi connectivity index (χ1) is 19.7. The summed E-state index contributed by atoms with van der Waals surface area (Å²) in [6.07, 6.45) is 1.15. The number of likely N-dealkylation sites (tertiary alicyclic amines) is 1. The number of fused-ring (bicyclic) bond motifs is 2. The first-order valence-corrected chi connectivity index (χ1v) is 14.2. The van der Waals surface area contributed by atoms with Crippen LogP contribution in [-0.2, 0) is 0 Å². The number of hydrogen-bond donors (Lipinski definition) is 1. The molecule has 6 rings (SSSR count). The third kappa shape index (κ3) is 4.93. The second-order valence-electron chi connectivity index (χ2n) is 10.8. The van der Waals surface area contributed by atoms with Crippen molar-refractivity contribution in [3.63, 3.8) is 0 Å². The van der Waals surface area contributed by atoms with Gasteiger partial charge in [0.05, 0.1) is 10.7 Å². The molecule has 0 radical (unpaired) electrons. The Kier molecular flexibility index (Phi) is 7.16. The first-order valence-electron chi connectivity index (χ1n) is 13.8. The van der Waals surface area contributed by atoms with Gasteiger partial charge in [-0.25, -0.2) is 9.78 Å². The molecule has 1 N–H and O–H groups in total. The van der Waals surface area contributed by atoms with E-state index in [1.54, 1.807) is 13.0 Å². The predicted octanol–water partition coefficient (Wildman–Crippen LogP) is 3.95. The average molecular weight is 578 g/mol. The number of aryl methyl sites for hydroxylation is 1. The maximum atomic E-state index is 14.2. The van der Waals surface area contributed by atoms with E-state index in [1.807, 2.05) is 42.2 Å². The molecule has 2 atom stereocenters. The van der Waals surface area contributed by atoms with E-state index in [2.05, 4.69) is 16.9 Å². The Morgan fingerprint density at radius 3 is 2.59 bits per heavy atom. The van der Waals surface area contributed by atoms with Gasteiger partial charge in [-0.05, 0) is 57.8 Å². The third-order valence-corrected chi connectivity index (χ3v) is 8.48. The summed E-state index contributed by atoms with van der Waals surface area (Å²) >= 11 is 6.61. The lowest BCUT2D eigenvalue weighted by molar-refractivity contribution is 0.136. The van der Waals surface area contributed by atoms with Crippen molar-refractivity contribution in [2.45, 2.75) is 38.8 Å². The summed E-state index contributed by atoms with van der Waals surface area (Å²) in [5.41, 5.74) is 0.746. The van der Waals surface area contributed by atoms with E-state index in [0.717, 1.165) is 30.2 Å². The maximum absolute atomic E-state index is 14.2. The number of nitrogens with zero attached hydrogens (tertiary/aromatic N) is 7. The van der Waals surface area contributed by atoms with Gasteiger partial charge in [0.1, 0.15) is 17.9 Å². The highest BCUT2D eigenvalue weighted by Gasteiger charge is 2.31. The van der Waals surface area contributed by atoms with Crippen LogP contribution >= 0.6 is 11.6 Å². The zero-order valence-electron chi connectivity index (χ0n) is 23.2. The molecule has 0 unspecified atom stereocenters. The summed E-state index contributed by atoms with van der Waals surface area (Å²) in [7, 11) is 2.07. The Labute approximate surface area is 241 Å². The number of halogens is 1. The van der Waals surface area contributed by atoms with Gasteiger partial charge in [0, 0.05) is 37.1 Å². The second-order valence-corrected chi connectivity index (χ2v) is 11.2. The van der Waals surface area contributed by atoms with E-state index in [-0.39, 0.29) is 29.2 Å². The van der Waals surface area contributed by atoms with Crippen molar-refractivity contribution in [2.24, 2.45) is 0 Å². The smallest absolute Gasteiger partial charge is 0.407 e. The normalized spacial score (nSPS) is 19.8. The van der Waals surface area contributed by atoms with Crippen molar-refractivity contribution in [3.05, 3.63) is 57.6 Å². The maximum Gasteiger partial charge on any atom is 0.407 e. The molecule has 0 saturated carbocycles. The van der Waals surface area contributed by atoms with Gasteiger partial charge in [0.25, 0.3) is 5.56 Å². The van der Waals surface area contributed by atoms with Crippen LogP contribution in [0.1, 0.15) is 25.6 Å². The van der Waals surface area contributed by atoms with Crippen LogP contribution in [-0.4, -0.2) is 92.4 Å². The molecule has 2 aliphatic rings. The zero-order chi connectivity index (χ0) is 28.8. The van der Waals surface area contributed by atoms with Crippen LogP contribution in [0.5, 0.6) is 6.01 Å². The van der Waals surface area contributed by atoms with E-state index < -0.39 is 6.09 Å². The van der Waals surface area contributed by atoms with Crippen molar-refractivity contribution in [2.75, 3.05) is 44.7 Å². The molecule has 4 heterocycles. The lowest BCUT2D eigenvalue weighted by Gasteiger charge is -2.39. The molecule has 2 aliphatic heterocycles. The van der Waals surface area contributed by atoms with Gasteiger partial charge >= 0.3 is 12.1 Å². The number of amides is 1. The van der Waals surface area contributed by atoms with Crippen LogP contribution in [0.15, 0.2) is 41.2 Å². The fraction of sp³-hybridized carbons (Fsp3) is 0.414. The topological polar surface area (TPSA) is 117 Å². The van der Waals surface area contributed by atoms with Crippen LogP contribution in [0.25, 0.3) is 27.5 Å². The number of piperazine rings is 1. The minimum absolute atomic E-state index is 0.103. The molecule has 0 bridgehead atoms. The molecule has 0 spiro atoms. The molecule has 2 aromatic carbocycles. The van der Waals surface area contributed by atoms with Crippen molar-refractivity contribution < 1.29 is 14.6 Å². The highest BCUT2D eigenvalue weighted by atomic mass is 35.5. The van der Waals surface area contributed by atoms with E-state index in [1.165, 1.54) is 9.47 Å². The van der Waals surface area contributed by atoms with Crippen molar-refractivity contribution in [3.8, 4) is 11.7 Å². The molecular weight excluding hydrogens is 546 g/mol. The highest BCUT2D eigenvalue weighted by Crippen LogP contribution is 2.31. The van der Waals surface area contributed by atoms with E-state index in [9.17, 15) is 14.7 Å². The molecule has 12 heteroatoms. The fourth-order valence-electron chi connectivity index (χ4n) is 5.96. The first kappa shape index (κ1) is 27.2. The van der Waals surface area contributed by atoms with E-state index >= 15 is 0 Å². The van der Waals surface area contributed by atoms with Gasteiger partial charge in [0.2, 0.25) is 0 Å². The molecular formula is C29H32ClN7O4. The van der Waals surface area contributed by atoms with Crippen molar-refractivity contribution >= 4 is 45.3 Å². The second kappa shape index (κ2) is 10.8. The minimum Gasteiger partial charge on any atom is -0.465 e. The number of ether oxygens (including phenoxy) is 1.